The number of piperazine rings is 1. The predicted molar refractivity (Wildman–Crippen MR) is 133 cm³/mol. The molecular formula is C22H20F3N11O3. The molecule has 39 heavy (non-hydrogen) atoms. The smallest absolute Gasteiger partial charge is 0.475 e. The van der Waals surface area contributed by atoms with Crippen molar-refractivity contribution in [2.24, 2.45) is 0 Å². The number of carboxylic acid groups (broad SMARTS) is 1. The summed E-state index contributed by atoms with van der Waals surface area (Å²) in [5, 5.41) is 15.9. The summed E-state index contributed by atoms with van der Waals surface area (Å²) in [5.41, 5.74) is 15.1. The third kappa shape index (κ3) is 5.19. The first-order valence-corrected chi connectivity index (χ1v) is 11.4. The molecular weight excluding hydrogens is 523 g/mol. The van der Waals surface area contributed by atoms with Crippen molar-refractivity contribution < 1.29 is 27.5 Å². The Morgan fingerprint density at radius 3 is 2.44 bits per heavy atom. The van der Waals surface area contributed by atoms with Crippen LogP contribution in [0, 0.1) is 0 Å². The molecule has 1 aromatic carbocycles. The molecule has 202 valence electrons. The number of benzene rings is 1. The minimum atomic E-state index is -5.08. The Bertz CT molecular complexity index is 1660. The fourth-order valence-electron chi connectivity index (χ4n) is 3.95. The number of nitrogens with two attached hydrogens (primary N) is 2. The molecule has 0 bridgehead atoms. The summed E-state index contributed by atoms with van der Waals surface area (Å²) in [6.07, 6.45) is -2.13. The normalized spacial score (nSPS) is 13.9. The van der Waals surface area contributed by atoms with Crippen LogP contribution < -0.4 is 21.7 Å². The van der Waals surface area contributed by atoms with Gasteiger partial charge < -0.3 is 31.2 Å². The molecule has 17 heteroatoms. The van der Waals surface area contributed by atoms with E-state index in [0.29, 0.717) is 39.5 Å². The monoisotopic (exact) mass is 543 g/mol. The lowest BCUT2D eigenvalue weighted by Crippen LogP contribution is -2.43. The Kier molecular flexibility index (Phi) is 6.57. The van der Waals surface area contributed by atoms with E-state index in [2.05, 4.69) is 35.1 Å². The van der Waals surface area contributed by atoms with Gasteiger partial charge in [-0.25, -0.2) is 24.7 Å². The van der Waals surface area contributed by atoms with Gasteiger partial charge in [-0.05, 0) is 18.2 Å². The number of halogens is 3. The van der Waals surface area contributed by atoms with Crippen LogP contribution in [0.25, 0.3) is 39.2 Å². The van der Waals surface area contributed by atoms with Gasteiger partial charge in [-0.1, -0.05) is 0 Å². The second-order valence-electron chi connectivity index (χ2n) is 8.23. The van der Waals surface area contributed by atoms with Crippen molar-refractivity contribution in [2.45, 2.75) is 6.18 Å². The number of carbonyl (C=O) groups is 1. The SMILES string of the molecule is Nc1nc2cc(-c3nn(-c4cc(N5CCNCC5)ncn4)c4ncnc(N)c34)ccc2o1.O=C(O)C(F)(F)F. The van der Waals surface area contributed by atoms with Crippen LogP contribution in [0.4, 0.5) is 30.8 Å². The van der Waals surface area contributed by atoms with E-state index in [9.17, 15) is 13.2 Å². The number of hydrogen-bond donors (Lipinski definition) is 4. The molecule has 6 N–H and O–H groups in total. The van der Waals surface area contributed by atoms with Gasteiger partial charge in [-0.15, -0.1) is 0 Å². The predicted octanol–water partition coefficient (Wildman–Crippen LogP) is 1.62. The number of nitrogens with one attached hydrogen (secondary N) is 1. The number of nitrogen functional groups attached to an aromatic ring is 2. The standard InChI is InChI=1S/C20H19N11O.C2HF3O2/c21-18-16-17(11-1-2-13-12(7-11)28-20(22)32-13)29-31(19(16)27-10-26-18)15-8-14(24-9-25-15)30-5-3-23-4-6-30;3-2(4,5)1(6)7/h1-2,7-10,23H,3-6H2,(H2,22,28)(H2,21,26,27);(H,6,7). The van der Waals surface area contributed by atoms with Crippen LogP contribution in [0.2, 0.25) is 0 Å². The number of fused-ring (bicyclic) bond motifs is 2. The first kappa shape index (κ1) is 25.6. The maximum atomic E-state index is 10.6. The third-order valence-electron chi connectivity index (χ3n) is 5.71. The van der Waals surface area contributed by atoms with Crippen LogP contribution in [-0.2, 0) is 4.79 Å². The first-order valence-electron chi connectivity index (χ1n) is 11.4. The summed E-state index contributed by atoms with van der Waals surface area (Å²) in [6.45, 7) is 3.56. The van der Waals surface area contributed by atoms with Gasteiger partial charge in [0.25, 0.3) is 6.01 Å². The van der Waals surface area contributed by atoms with Crippen molar-refractivity contribution in [3.05, 3.63) is 36.9 Å². The molecule has 0 saturated carbocycles. The summed E-state index contributed by atoms with van der Waals surface area (Å²) >= 11 is 0. The molecule has 0 atom stereocenters. The number of alkyl halides is 3. The maximum Gasteiger partial charge on any atom is 0.490 e. The molecule has 0 unspecified atom stereocenters. The summed E-state index contributed by atoms with van der Waals surface area (Å²) in [5.74, 6) is -1.00. The molecule has 0 radical (unpaired) electrons. The van der Waals surface area contributed by atoms with Gasteiger partial charge in [0.15, 0.2) is 17.0 Å². The van der Waals surface area contributed by atoms with Gasteiger partial charge in [0.2, 0.25) is 0 Å². The number of hydrogen-bond acceptors (Lipinski definition) is 12. The van der Waals surface area contributed by atoms with Gasteiger partial charge in [0.1, 0.15) is 35.5 Å². The van der Waals surface area contributed by atoms with Crippen molar-refractivity contribution in [3.63, 3.8) is 0 Å². The highest BCUT2D eigenvalue weighted by atomic mass is 19.4. The van der Waals surface area contributed by atoms with Gasteiger partial charge in [-0.2, -0.15) is 27.9 Å². The lowest BCUT2D eigenvalue weighted by molar-refractivity contribution is -0.192. The van der Waals surface area contributed by atoms with Crippen LogP contribution in [0.15, 0.2) is 41.3 Å². The first-order chi connectivity index (χ1) is 18.6. The van der Waals surface area contributed by atoms with Crippen molar-refractivity contribution in [2.75, 3.05) is 42.5 Å². The molecule has 1 aliphatic rings. The van der Waals surface area contributed by atoms with E-state index in [4.69, 9.17) is 30.9 Å². The molecule has 6 rings (SSSR count). The number of rotatable bonds is 3. The highest BCUT2D eigenvalue weighted by Gasteiger charge is 2.38. The van der Waals surface area contributed by atoms with Crippen molar-refractivity contribution >= 4 is 45.8 Å². The number of carboxylic acids is 1. The van der Waals surface area contributed by atoms with E-state index in [1.807, 2.05) is 18.2 Å². The molecule has 0 amide bonds. The zero-order valence-electron chi connectivity index (χ0n) is 19.9. The molecule has 5 heterocycles. The molecule has 5 aromatic rings. The molecule has 0 aliphatic carbocycles. The van der Waals surface area contributed by atoms with Crippen LogP contribution in [0.3, 0.4) is 0 Å². The zero-order chi connectivity index (χ0) is 27.7. The van der Waals surface area contributed by atoms with Gasteiger partial charge in [-0.3, -0.25) is 0 Å². The molecule has 4 aromatic heterocycles. The zero-order valence-corrected chi connectivity index (χ0v) is 19.9. The number of oxazole rings is 1. The Balaban J connectivity index is 0.000000392. The van der Waals surface area contributed by atoms with Crippen molar-refractivity contribution in [1.29, 1.82) is 0 Å². The van der Waals surface area contributed by atoms with Gasteiger partial charge in [0, 0.05) is 37.8 Å². The van der Waals surface area contributed by atoms with E-state index in [1.54, 1.807) is 10.7 Å². The highest BCUT2D eigenvalue weighted by Crippen LogP contribution is 2.33. The van der Waals surface area contributed by atoms with E-state index >= 15 is 0 Å². The minimum absolute atomic E-state index is 0.108. The average Bonchev–Trinajstić information content (AvgIpc) is 3.49. The third-order valence-corrected chi connectivity index (χ3v) is 5.71. The second-order valence-corrected chi connectivity index (χ2v) is 8.23. The number of aromatic nitrogens is 7. The molecule has 1 aliphatic heterocycles. The Morgan fingerprint density at radius 2 is 1.72 bits per heavy atom. The largest absolute Gasteiger partial charge is 0.490 e. The van der Waals surface area contributed by atoms with Crippen LogP contribution in [-0.4, -0.2) is 78.1 Å². The number of aliphatic carboxylic acids is 1. The van der Waals surface area contributed by atoms with Gasteiger partial charge >= 0.3 is 12.1 Å². The lowest BCUT2D eigenvalue weighted by Gasteiger charge is -2.28. The van der Waals surface area contributed by atoms with E-state index in [0.717, 1.165) is 37.6 Å². The molecule has 0 spiro atoms. The fraction of sp³-hybridized carbons (Fsp3) is 0.227. The Labute approximate surface area is 216 Å². The molecule has 1 saturated heterocycles. The van der Waals surface area contributed by atoms with Crippen molar-refractivity contribution in [1.82, 2.24) is 40.0 Å². The Morgan fingerprint density at radius 1 is 1.03 bits per heavy atom. The summed E-state index contributed by atoms with van der Waals surface area (Å²) in [4.78, 5) is 32.8. The number of anilines is 3. The molecule has 14 nitrogen and oxygen atoms in total. The second kappa shape index (κ2) is 10.0. The van der Waals surface area contributed by atoms with Crippen LogP contribution in [0.1, 0.15) is 0 Å². The lowest BCUT2D eigenvalue weighted by atomic mass is 10.1. The van der Waals surface area contributed by atoms with Crippen LogP contribution in [0.5, 0.6) is 0 Å². The highest BCUT2D eigenvalue weighted by molar-refractivity contribution is 6.00. The van der Waals surface area contributed by atoms with Crippen LogP contribution >= 0.6 is 0 Å². The minimum Gasteiger partial charge on any atom is -0.475 e. The topological polar surface area (TPSA) is 200 Å². The van der Waals surface area contributed by atoms with E-state index < -0.39 is 12.1 Å². The number of nitrogens with zero attached hydrogens (tertiary/aromatic N) is 8. The maximum absolute atomic E-state index is 10.6. The average molecular weight is 543 g/mol. The summed E-state index contributed by atoms with van der Waals surface area (Å²) in [7, 11) is 0. The Hall–Kier alpha value is -5.06. The summed E-state index contributed by atoms with van der Waals surface area (Å²) in [6, 6.07) is 7.53. The van der Waals surface area contributed by atoms with Gasteiger partial charge in [0.05, 0.1) is 5.39 Å². The quantitative estimate of drug-likeness (QED) is 0.256. The molecule has 1 fully saturated rings. The fourth-order valence-corrected chi connectivity index (χ4v) is 3.95. The summed E-state index contributed by atoms with van der Waals surface area (Å²) < 4.78 is 38.8. The van der Waals surface area contributed by atoms with E-state index in [-0.39, 0.29) is 6.01 Å². The van der Waals surface area contributed by atoms with E-state index in [1.165, 1.54) is 12.7 Å². The van der Waals surface area contributed by atoms with Crippen molar-refractivity contribution in [3.8, 4) is 17.1 Å².